The second-order valence-corrected chi connectivity index (χ2v) is 5.06. The largest absolute Gasteiger partial charge is 0.395 e. The van der Waals surface area contributed by atoms with Crippen LogP contribution in [0.25, 0.3) is 0 Å². The maximum absolute atomic E-state index is 12.1. The fraction of sp³-hybridized carbons (Fsp3) is 0.923. The van der Waals surface area contributed by atoms with Crippen molar-refractivity contribution in [3.63, 3.8) is 0 Å². The summed E-state index contributed by atoms with van der Waals surface area (Å²) in [7, 11) is 0. The van der Waals surface area contributed by atoms with E-state index in [0.29, 0.717) is 13.1 Å². The molecule has 17 heavy (non-hydrogen) atoms. The van der Waals surface area contributed by atoms with Gasteiger partial charge >= 0.3 is 0 Å². The Labute approximate surface area is 105 Å². The Morgan fingerprint density at radius 1 is 1.35 bits per heavy atom. The van der Waals surface area contributed by atoms with E-state index in [4.69, 9.17) is 5.11 Å². The topological polar surface area (TPSA) is 43.8 Å². The summed E-state index contributed by atoms with van der Waals surface area (Å²) in [5.41, 5.74) is 0. The zero-order chi connectivity index (χ0) is 12.7. The first-order chi connectivity index (χ1) is 8.17. The summed E-state index contributed by atoms with van der Waals surface area (Å²) in [4.78, 5) is 16.1. The number of carbonyl (C=O) groups is 1. The number of hydrogen-bond donors (Lipinski definition) is 1. The van der Waals surface area contributed by atoms with Crippen LogP contribution in [0.4, 0.5) is 0 Å². The highest BCUT2D eigenvalue weighted by molar-refractivity contribution is 5.78. The lowest BCUT2D eigenvalue weighted by Crippen LogP contribution is -2.44. The summed E-state index contributed by atoms with van der Waals surface area (Å²) in [6, 6.07) is 0. The van der Waals surface area contributed by atoms with Crippen molar-refractivity contribution in [1.29, 1.82) is 0 Å². The molecule has 0 atom stereocenters. The van der Waals surface area contributed by atoms with Gasteiger partial charge in [0.1, 0.15) is 0 Å². The number of likely N-dealkylation sites (tertiary alicyclic amines) is 1. The van der Waals surface area contributed by atoms with Crippen LogP contribution in [0.2, 0.25) is 0 Å². The van der Waals surface area contributed by atoms with Crippen LogP contribution < -0.4 is 0 Å². The Balaban J connectivity index is 2.35. The molecule has 0 aliphatic carbocycles. The fourth-order valence-electron chi connectivity index (χ4n) is 2.28. The Bertz CT molecular complexity index is 219. The van der Waals surface area contributed by atoms with Gasteiger partial charge in [-0.1, -0.05) is 13.8 Å². The third kappa shape index (κ3) is 5.04. The summed E-state index contributed by atoms with van der Waals surface area (Å²) < 4.78 is 0. The van der Waals surface area contributed by atoms with Crippen molar-refractivity contribution in [1.82, 2.24) is 9.80 Å². The summed E-state index contributed by atoms with van der Waals surface area (Å²) in [5, 5.41) is 8.95. The van der Waals surface area contributed by atoms with E-state index >= 15 is 0 Å². The van der Waals surface area contributed by atoms with Crippen LogP contribution in [-0.2, 0) is 4.79 Å². The van der Waals surface area contributed by atoms with Gasteiger partial charge in [-0.25, -0.2) is 0 Å². The summed E-state index contributed by atoms with van der Waals surface area (Å²) in [6.45, 7) is 8.22. The van der Waals surface area contributed by atoms with Crippen LogP contribution >= 0.6 is 0 Å². The van der Waals surface area contributed by atoms with Crippen molar-refractivity contribution in [2.24, 2.45) is 5.92 Å². The molecule has 1 saturated heterocycles. The standard InChI is InChI=1S/C13H26N2O2/c1-3-6-14(9-10-16)11-13(17)15-7-4-12(2)5-8-15/h12,16H,3-11H2,1-2H3. The van der Waals surface area contributed by atoms with Crippen LogP contribution in [0.1, 0.15) is 33.1 Å². The molecule has 1 rings (SSSR count). The summed E-state index contributed by atoms with van der Waals surface area (Å²) in [6.07, 6.45) is 3.27. The van der Waals surface area contributed by atoms with Gasteiger partial charge in [-0.05, 0) is 31.7 Å². The van der Waals surface area contributed by atoms with Gasteiger partial charge in [0.25, 0.3) is 0 Å². The normalized spacial score (nSPS) is 17.8. The predicted molar refractivity (Wildman–Crippen MR) is 68.8 cm³/mol. The predicted octanol–water partition coefficient (Wildman–Crippen LogP) is 0.949. The first-order valence-electron chi connectivity index (χ1n) is 6.78. The SMILES string of the molecule is CCCN(CCO)CC(=O)N1CCC(C)CC1. The van der Waals surface area contributed by atoms with Gasteiger partial charge in [-0.2, -0.15) is 0 Å². The molecule has 0 spiro atoms. The molecule has 0 bridgehead atoms. The number of carbonyl (C=O) groups excluding carboxylic acids is 1. The van der Waals surface area contributed by atoms with Crippen LogP contribution in [-0.4, -0.2) is 60.1 Å². The monoisotopic (exact) mass is 242 g/mol. The van der Waals surface area contributed by atoms with Crippen LogP contribution in [0.15, 0.2) is 0 Å². The molecule has 0 aromatic carbocycles. The first kappa shape index (κ1) is 14.5. The van der Waals surface area contributed by atoms with Gasteiger partial charge in [0.15, 0.2) is 0 Å². The minimum absolute atomic E-state index is 0.129. The van der Waals surface area contributed by atoms with Crippen molar-refractivity contribution in [3.05, 3.63) is 0 Å². The molecular weight excluding hydrogens is 216 g/mol. The molecule has 0 saturated carbocycles. The van der Waals surface area contributed by atoms with Crippen molar-refractivity contribution in [2.45, 2.75) is 33.1 Å². The lowest BCUT2D eigenvalue weighted by atomic mass is 9.99. The van der Waals surface area contributed by atoms with Crippen LogP contribution in [0.3, 0.4) is 0 Å². The highest BCUT2D eigenvalue weighted by Crippen LogP contribution is 2.16. The van der Waals surface area contributed by atoms with E-state index < -0.39 is 0 Å². The van der Waals surface area contributed by atoms with E-state index in [2.05, 4.69) is 13.8 Å². The molecule has 1 aliphatic heterocycles. The average molecular weight is 242 g/mol. The highest BCUT2D eigenvalue weighted by atomic mass is 16.3. The molecule has 100 valence electrons. The van der Waals surface area contributed by atoms with E-state index in [1.807, 2.05) is 9.80 Å². The van der Waals surface area contributed by atoms with E-state index in [0.717, 1.165) is 44.8 Å². The molecular formula is C13H26N2O2. The van der Waals surface area contributed by atoms with Gasteiger partial charge in [0.05, 0.1) is 13.2 Å². The van der Waals surface area contributed by atoms with Gasteiger partial charge in [0.2, 0.25) is 5.91 Å². The number of aliphatic hydroxyl groups excluding tert-OH is 1. The Morgan fingerprint density at radius 3 is 2.53 bits per heavy atom. The number of piperidine rings is 1. The highest BCUT2D eigenvalue weighted by Gasteiger charge is 2.21. The zero-order valence-corrected chi connectivity index (χ0v) is 11.2. The van der Waals surface area contributed by atoms with E-state index in [-0.39, 0.29) is 12.5 Å². The molecule has 1 N–H and O–H groups in total. The Hall–Kier alpha value is -0.610. The molecule has 0 aromatic heterocycles. The lowest BCUT2D eigenvalue weighted by molar-refractivity contribution is -0.133. The molecule has 0 aromatic rings. The lowest BCUT2D eigenvalue weighted by Gasteiger charge is -2.32. The number of amides is 1. The maximum Gasteiger partial charge on any atom is 0.236 e. The molecule has 4 heteroatoms. The van der Waals surface area contributed by atoms with Gasteiger partial charge in [-0.3, -0.25) is 9.69 Å². The van der Waals surface area contributed by atoms with E-state index in [1.165, 1.54) is 0 Å². The second-order valence-electron chi connectivity index (χ2n) is 5.06. The molecule has 1 amide bonds. The molecule has 4 nitrogen and oxygen atoms in total. The van der Waals surface area contributed by atoms with Crippen molar-refractivity contribution >= 4 is 5.91 Å². The maximum atomic E-state index is 12.1. The number of nitrogens with zero attached hydrogens (tertiary/aromatic N) is 2. The van der Waals surface area contributed by atoms with Crippen LogP contribution in [0, 0.1) is 5.92 Å². The number of rotatable bonds is 6. The quantitative estimate of drug-likeness (QED) is 0.754. The van der Waals surface area contributed by atoms with Gasteiger partial charge in [-0.15, -0.1) is 0 Å². The first-order valence-corrected chi connectivity index (χ1v) is 6.78. The molecule has 1 aliphatic rings. The van der Waals surface area contributed by atoms with E-state index in [9.17, 15) is 4.79 Å². The third-order valence-electron chi connectivity index (χ3n) is 3.45. The zero-order valence-electron chi connectivity index (χ0n) is 11.2. The van der Waals surface area contributed by atoms with Crippen molar-refractivity contribution in [2.75, 3.05) is 39.3 Å². The van der Waals surface area contributed by atoms with Gasteiger partial charge < -0.3 is 10.0 Å². The number of aliphatic hydroxyl groups is 1. The smallest absolute Gasteiger partial charge is 0.236 e. The molecule has 0 unspecified atom stereocenters. The summed E-state index contributed by atoms with van der Waals surface area (Å²) in [5.74, 6) is 0.974. The van der Waals surface area contributed by atoms with Gasteiger partial charge in [0, 0.05) is 19.6 Å². The van der Waals surface area contributed by atoms with Crippen molar-refractivity contribution in [3.8, 4) is 0 Å². The molecule has 1 fully saturated rings. The number of hydrogen-bond acceptors (Lipinski definition) is 3. The minimum atomic E-state index is 0.129. The van der Waals surface area contributed by atoms with Crippen LogP contribution in [0.5, 0.6) is 0 Å². The molecule has 0 radical (unpaired) electrons. The fourth-order valence-corrected chi connectivity index (χ4v) is 2.28. The third-order valence-corrected chi connectivity index (χ3v) is 3.45. The van der Waals surface area contributed by atoms with E-state index in [1.54, 1.807) is 0 Å². The Kier molecular flexibility index (Phi) is 6.52. The minimum Gasteiger partial charge on any atom is -0.395 e. The second kappa shape index (κ2) is 7.67. The molecule has 1 heterocycles. The average Bonchev–Trinajstić information content (AvgIpc) is 2.30. The van der Waals surface area contributed by atoms with Crippen molar-refractivity contribution < 1.29 is 9.90 Å². The summed E-state index contributed by atoms with van der Waals surface area (Å²) >= 11 is 0. The Morgan fingerprint density at radius 2 is 2.00 bits per heavy atom.